The predicted molar refractivity (Wildman–Crippen MR) is 98.5 cm³/mol. The Kier molecular flexibility index (Phi) is 5.82. The largest absolute Gasteiger partial charge is 0.331 e. The van der Waals surface area contributed by atoms with Crippen molar-refractivity contribution in [1.82, 2.24) is 5.43 Å². The molecule has 0 aliphatic rings. The van der Waals surface area contributed by atoms with Crippen molar-refractivity contribution in [2.75, 3.05) is 5.32 Å². The normalized spacial score (nSPS) is 11.2. The molecule has 0 aromatic heterocycles. The summed E-state index contributed by atoms with van der Waals surface area (Å²) in [4.78, 5) is 0. The molecule has 0 aliphatic carbocycles. The van der Waals surface area contributed by atoms with E-state index < -0.39 is 0 Å². The number of aryl methyl sites for hydroxylation is 2. The summed E-state index contributed by atoms with van der Waals surface area (Å²) in [5, 5.41) is 7.88. The first-order valence-corrected chi connectivity index (χ1v) is 7.87. The standard InChI is InChI=1S/C18H20FN3S/c1-4-16(14-6-8-15(19)9-7-14)21-22-18(23)20-17-10-5-12(2)11-13(17)3/h5-11H,4H2,1-3H3,(H2,20,22,23)/b21-16-. The van der Waals surface area contributed by atoms with Gasteiger partial charge < -0.3 is 5.32 Å². The molecule has 3 nitrogen and oxygen atoms in total. The third kappa shape index (κ3) is 4.86. The van der Waals surface area contributed by atoms with Gasteiger partial charge >= 0.3 is 0 Å². The van der Waals surface area contributed by atoms with Crippen LogP contribution >= 0.6 is 12.2 Å². The van der Waals surface area contributed by atoms with Crippen molar-refractivity contribution in [2.45, 2.75) is 27.2 Å². The van der Waals surface area contributed by atoms with Crippen molar-refractivity contribution >= 4 is 28.7 Å². The summed E-state index contributed by atoms with van der Waals surface area (Å²) in [6.45, 7) is 6.07. The van der Waals surface area contributed by atoms with Gasteiger partial charge in [-0.2, -0.15) is 5.10 Å². The zero-order valence-corrected chi connectivity index (χ0v) is 14.3. The van der Waals surface area contributed by atoms with E-state index in [0.29, 0.717) is 11.5 Å². The van der Waals surface area contributed by atoms with Crippen LogP contribution in [-0.4, -0.2) is 10.8 Å². The summed E-state index contributed by atoms with van der Waals surface area (Å²) < 4.78 is 13.0. The maximum atomic E-state index is 13.0. The molecule has 120 valence electrons. The number of hydrogen-bond acceptors (Lipinski definition) is 2. The van der Waals surface area contributed by atoms with Gasteiger partial charge in [0.1, 0.15) is 5.82 Å². The fourth-order valence-electron chi connectivity index (χ4n) is 2.21. The molecule has 0 fully saturated rings. The summed E-state index contributed by atoms with van der Waals surface area (Å²) in [5.41, 5.74) is 7.81. The Hall–Kier alpha value is -2.27. The Morgan fingerprint density at radius 3 is 2.43 bits per heavy atom. The van der Waals surface area contributed by atoms with Crippen molar-refractivity contribution in [1.29, 1.82) is 0 Å². The highest BCUT2D eigenvalue weighted by Crippen LogP contribution is 2.15. The first kappa shape index (κ1) is 17.1. The molecule has 0 saturated carbocycles. The minimum absolute atomic E-state index is 0.260. The van der Waals surface area contributed by atoms with Crippen molar-refractivity contribution in [2.24, 2.45) is 5.10 Å². The van der Waals surface area contributed by atoms with E-state index in [-0.39, 0.29) is 5.82 Å². The SMILES string of the molecule is CC/C(=N/NC(=S)Nc1ccc(C)cc1C)c1ccc(F)cc1. The van der Waals surface area contributed by atoms with Gasteiger partial charge in [-0.3, -0.25) is 5.43 Å². The Bertz CT molecular complexity index is 724. The van der Waals surface area contributed by atoms with E-state index in [4.69, 9.17) is 12.2 Å². The van der Waals surface area contributed by atoms with Gasteiger partial charge in [0, 0.05) is 5.69 Å². The molecule has 2 N–H and O–H groups in total. The maximum absolute atomic E-state index is 13.0. The van der Waals surface area contributed by atoms with Crippen molar-refractivity contribution in [3.63, 3.8) is 0 Å². The van der Waals surface area contributed by atoms with Crippen LogP contribution in [0.15, 0.2) is 47.6 Å². The highest BCUT2D eigenvalue weighted by molar-refractivity contribution is 7.80. The number of halogens is 1. The number of nitrogens with one attached hydrogen (secondary N) is 2. The van der Waals surface area contributed by atoms with E-state index in [9.17, 15) is 4.39 Å². The summed E-state index contributed by atoms with van der Waals surface area (Å²) in [7, 11) is 0. The van der Waals surface area contributed by atoms with Crippen LogP contribution in [0.2, 0.25) is 0 Å². The van der Waals surface area contributed by atoms with Crippen LogP contribution in [0.1, 0.15) is 30.0 Å². The molecule has 0 saturated heterocycles. The van der Waals surface area contributed by atoms with E-state index >= 15 is 0 Å². The van der Waals surface area contributed by atoms with Gasteiger partial charge in [0.25, 0.3) is 0 Å². The Morgan fingerprint density at radius 2 is 1.83 bits per heavy atom. The van der Waals surface area contributed by atoms with Gasteiger partial charge in [0.2, 0.25) is 0 Å². The second-order valence-electron chi connectivity index (χ2n) is 5.30. The summed E-state index contributed by atoms with van der Waals surface area (Å²) >= 11 is 5.28. The lowest BCUT2D eigenvalue weighted by Gasteiger charge is -2.11. The van der Waals surface area contributed by atoms with E-state index in [1.807, 2.05) is 32.9 Å². The molecule has 23 heavy (non-hydrogen) atoms. The smallest absolute Gasteiger partial charge is 0.191 e. The molecule has 0 unspecified atom stereocenters. The van der Waals surface area contributed by atoms with E-state index in [1.54, 1.807) is 12.1 Å². The molecule has 0 spiro atoms. The topological polar surface area (TPSA) is 36.4 Å². The molecule has 0 amide bonds. The van der Waals surface area contributed by atoms with Crippen molar-refractivity contribution in [3.05, 3.63) is 65.0 Å². The van der Waals surface area contributed by atoms with E-state index in [0.717, 1.165) is 22.5 Å². The van der Waals surface area contributed by atoms with E-state index in [2.05, 4.69) is 21.9 Å². The number of nitrogens with zero attached hydrogens (tertiary/aromatic N) is 1. The Morgan fingerprint density at radius 1 is 1.13 bits per heavy atom. The van der Waals surface area contributed by atoms with E-state index in [1.165, 1.54) is 17.7 Å². The average molecular weight is 329 g/mol. The zero-order valence-electron chi connectivity index (χ0n) is 13.5. The van der Waals surface area contributed by atoms with Crippen LogP contribution in [0.4, 0.5) is 10.1 Å². The van der Waals surface area contributed by atoms with Gasteiger partial charge in [-0.05, 0) is 61.8 Å². The minimum atomic E-state index is -0.260. The molecule has 0 aliphatic heterocycles. The fourth-order valence-corrected chi connectivity index (χ4v) is 2.37. The van der Waals surface area contributed by atoms with Crippen molar-refractivity contribution in [3.8, 4) is 0 Å². The summed E-state index contributed by atoms with van der Waals surface area (Å²) in [5.74, 6) is -0.260. The van der Waals surface area contributed by atoms with Gasteiger partial charge in [-0.15, -0.1) is 0 Å². The monoisotopic (exact) mass is 329 g/mol. The van der Waals surface area contributed by atoms with Gasteiger partial charge in [0.05, 0.1) is 5.71 Å². The van der Waals surface area contributed by atoms with Crippen LogP contribution in [0, 0.1) is 19.7 Å². The Balaban J connectivity index is 2.05. The van der Waals surface area contributed by atoms with Crippen LogP contribution in [0.5, 0.6) is 0 Å². The number of hydrogen-bond donors (Lipinski definition) is 2. The number of thiocarbonyl (C=S) groups is 1. The van der Waals surface area contributed by atoms with Crippen LogP contribution in [0.25, 0.3) is 0 Å². The molecule has 2 aromatic carbocycles. The number of anilines is 1. The van der Waals surface area contributed by atoms with Gasteiger partial charge in [-0.1, -0.05) is 36.8 Å². The lowest BCUT2D eigenvalue weighted by molar-refractivity contribution is 0.627. The number of rotatable bonds is 4. The molecular formula is C18H20FN3S. The highest BCUT2D eigenvalue weighted by Gasteiger charge is 2.04. The molecule has 0 bridgehead atoms. The summed E-state index contributed by atoms with van der Waals surface area (Å²) in [6, 6.07) is 12.4. The molecule has 0 heterocycles. The second-order valence-corrected chi connectivity index (χ2v) is 5.71. The maximum Gasteiger partial charge on any atom is 0.191 e. The number of hydrazone groups is 1. The third-order valence-electron chi connectivity index (χ3n) is 3.43. The highest BCUT2D eigenvalue weighted by atomic mass is 32.1. The average Bonchev–Trinajstić information content (AvgIpc) is 2.52. The van der Waals surface area contributed by atoms with Crippen LogP contribution < -0.4 is 10.7 Å². The van der Waals surface area contributed by atoms with Crippen LogP contribution in [0.3, 0.4) is 0 Å². The van der Waals surface area contributed by atoms with Crippen molar-refractivity contribution < 1.29 is 4.39 Å². The molecule has 2 aromatic rings. The molecule has 2 rings (SSSR count). The third-order valence-corrected chi connectivity index (χ3v) is 3.63. The Labute approximate surface area is 141 Å². The lowest BCUT2D eigenvalue weighted by Crippen LogP contribution is -2.25. The first-order chi connectivity index (χ1) is 11.0. The fraction of sp³-hybridized carbons (Fsp3) is 0.222. The minimum Gasteiger partial charge on any atom is -0.331 e. The predicted octanol–water partition coefficient (Wildman–Crippen LogP) is 4.54. The molecular weight excluding hydrogens is 309 g/mol. The number of benzene rings is 2. The van der Waals surface area contributed by atoms with Crippen LogP contribution in [-0.2, 0) is 0 Å². The quantitative estimate of drug-likeness (QED) is 0.491. The lowest BCUT2D eigenvalue weighted by atomic mass is 10.1. The zero-order chi connectivity index (χ0) is 16.8. The van der Waals surface area contributed by atoms with Gasteiger partial charge in [-0.25, -0.2) is 4.39 Å². The molecule has 0 atom stereocenters. The summed E-state index contributed by atoms with van der Waals surface area (Å²) in [6.07, 6.45) is 0.713. The first-order valence-electron chi connectivity index (χ1n) is 7.46. The second kappa shape index (κ2) is 7.83. The molecule has 5 heteroatoms. The molecule has 0 radical (unpaired) electrons. The van der Waals surface area contributed by atoms with Gasteiger partial charge in [0.15, 0.2) is 5.11 Å².